The van der Waals surface area contributed by atoms with Crippen LogP contribution < -0.4 is 10.2 Å². The van der Waals surface area contributed by atoms with Crippen LogP contribution in [0, 0.1) is 5.82 Å². The van der Waals surface area contributed by atoms with E-state index in [2.05, 4.69) is 27.0 Å². The molecule has 1 unspecified atom stereocenters. The Bertz CT molecular complexity index is 1720. The number of benzene rings is 1. The van der Waals surface area contributed by atoms with Gasteiger partial charge in [0.1, 0.15) is 28.9 Å². The number of allylic oxidation sites excluding steroid dienone is 3. The Hall–Kier alpha value is -4.93. The molecular weight excluding hydrogens is 674 g/mol. The second-order valence-corrected chi connectivity index (χ2v) is 12.9. The van der Waals surface area contributed by atoms with Gasteiger partial charge in [-0.25, -0.2) is 19.0 Å². The van der Waals surface area contributed by atoms with Gasteiger partial charge < -0.3 is 24.5 Å². The van der Waals surface area contributed by atoms with Crippen LogP contribution in [0.4, 0.5) is 28.0 Å². The maximum absolute atomic E-state index is 15.4. The van der Waals surface area contributed by atoms with Crippen LogP contribution in [0.1, 0.15) is 57.9 Å². The van der Waals surface area contributed by atoms with E-state index in [1.54, 1.807) is 27.7 Å². The minimum Gasteiger partial charge on any atom is -0.479 e. The van der Waals surface area contributed by atoms with E-state index in [9.17, 15) is 31.8 Å². The fraction of sp³-hybridized carbons (Fsp3) is 0.375. The number of nitrogens with zero attached hydrogens (tertiary/aromatic N) is 4. The second-order valence-electron chi connectivity index (χ2n) is 11.4. The van der Waals surface area contributed by atoms with Crippen LogP contribution in [0.3, 0.4) is 0 Å². The van der Waals surface area contributed by atoms with Crippen molar-refractivity contribution in [2.75, 3.05) is 17.8 Å². The minimum atomic E-state index is -4.80. The highest BCUT2D eigenvalue weighted by atomic mass is 32.2. The summed E-state index contributed by atoms with van der Waals surface area (Å²) in [6, 6.07) is 3.55. The number of carbonyl (C=O) groups is 3. The van der Waals surface area contributed by atoms with Crippen LogP contribution in [-0.4, -0.2) is 69.5 Å². The molecule has 264 valence electrons. The van der Waals surface area contributed by atoms with Gasteiger partial charge in [-0.3, -0.25) is 14.0 Å². The zero-order valence-corrected chi connectivity index (χ0v) is 28.3. The van der Waals surface area contributed by atoms with E-state index in [1.807, 2.05) is 0 Å². The van der Waals surface area contributed by atoms with E-state index in [-0.39, 0.29) is 40.5 Å². The predicted molar refractivity (Wildman–Crippen MR) is 173 cm³/mol. The lowest BCUT2D eigenvalue weighted by molar-refractivity contribution is -0.143. The highest BCUT2D eigenvalue weighted by molar-refractivity contribution is 7.85. The molecule has 0 aliphatic carbocycles. The second kappa shape index (κ2) is 16.0. The molecule has 49 heavy (non-hydrogen) atoms. The molecule has 17 heteroatoms. The summed E-state index contributed by atoms with van der Waals surface area (Å²) in [5, 5.41) is 6.11. The van der Waals surface area contributed by atoms with Crippen LogP contribution in [0.5, 0.6) is 0 Å². The number of hydrogen-bond donors (Lipinski definition) is 1. The highest BCUT2D eigenvalue weighted by Crippen LogP contribution is 2.33. The molecule has 1 aromatic carbocycles. The van der Waals surface area contributed by atoms with Gasteiger partial charge >= 0.3 is 18.2 Å². The van der Waals surface area contributed by atoms with Crippen molar-refractivity contribution in [2.24, 2.45) is 10.1 Å². The topological polar surface area (TPSA) is 149 Å². The maximum atomic E-state index is 15.4. The molecule has 0 radical (unpaired) electrons. The molecule has 0 bridgehead atoms. The molecule has 0 saturated heterocycles. The molecule has 2 amide bonds. The number of rotatable bonds is 9. The fourth-order valence-electron chi connectivity index (χ4n) is 4.23. The summed E-state index contributed by atoms with van der Waals surface area (Å²) >= 11 is 0. The van der Waals surface area contributed by atoms with Gasteiger partial charge in [-0.15, -0.1) is 0 Å². The summed E-state index contributed by atoms with van der Waals surface area (Å²) in [5.41, 5.74) is -2.18. The van der Waals surface area contributed by atoms with Crippen LogP contribution >= 0.6 is 0 Å². The van der Waals surface area contributed by atoms with E-state index in [4.69, 9.17) is 14.3 Å². The number of pyridine rings is 1. The van der Waals surface area contributed by atoms with Crippen LogP contribution in [-0.2, 0) is 41.2 Å². The SMILES string of the molecule is C=C/C=C(\N=C(OC)c1ccc(CN2C(=O)[C@@H](NC(=O)OC(C)(C)C)CS(=O)c3cc(F)c(/C(C)=N/OC(=O)CC)cc32)cn1)C(F)(F)F. The average Bonchev–Trinajstić information content (AvgIpc) is 3.10. The summed E-state index contributed by atoms with van der Waals surface area (Å²) in [4.78, 5) is 51.8. The number of amides is 2. The summed E-state index contributed by atoms with van der Waals surface area (Å²) in [5.74, 6) is -3.16. The molecule has 1 aliphatic heterocycles. The number of aliphatic imine (C=N–C) groups is 1. The van der Waals surface area contributed by atoms with Crippen LogP contribution in [0.15, 0.2) is 69.9 Å². The highest BCUT2D eigenvalue weighted by Gasteiger charge is 2.37. The molecule has 12 nitrogen and oxygen atoms in total. The van der Waals surface area contributed by atoms with Crippen molar-refractivity contribution in [1.82, 2.24) is 10.3 Å². The van der Waals surface area contributed by atoms with Gasteiger partial charge in [0, 0.05) is 18.2 Å². The van der Waals surface area contributed by atoms with E-state index < -0.39 is 69.8 Å². The Kier molecular flexibility index (Phi) is 12.6. The molecule has 2 atom stereocenters. The fourth-order valence-corrected chi connectivity index (χ4v) is 5.58. The van der Waals surface area contributed by atoms with Gasteiger partial charge in [-0.1, -0.05) is 30.8 Å². The molecule has 0 spiro atoms. The van der Waals surface area contributed by atoms with Gasteiger partial charge in [-0.2, -0.15) is 13.2 Å². The number of carbonyl (C=O) groups excluding carboxylic acids is 3. The predicted octanol–water partition coefficient (Wildman–Crippen LogP) is 5.47. The normalized spacial score (nSPS) is 17.6. The number of anilines is 1. The van der Waals surface area contributed by atoms with Gasteiger partial charge in [0.25, 0.3) is 5.91 Å². The number of aromatic nitrogens is 1. The van der Waals surface area contributed by atoms with Gasteiger partial charge in [-0.05, 0) is 57.5 Å². The Balaban J connectivity index is 2.11. The minimum absolute atomic E-state index is 0.00260. The monoisotopic (exact) mass is 709 g/mol. The molecule has 1 aliphatic rings. The molecule has 2 aromatic rings. The first kappa shape index (κ1) is 38.5. The number of oxime groups is 1. The van der Waals surface area contributed by atoms with Crippen molar-refractivity contribution in [1.29, 1.82) is 0 Å². The van der Waals surface area contributed by atoms with Crippen LogP contribution in [0.25, 0.3) is 0 Å². The lowest BCUT2D eigenvalue weighted by atomic mass is 10.1. The molecule has 2 heterocycles. The number of nitrogens with one attached hydrogen (secondary N) is 1. The summed E-state index contributed by atoms with van der Waals surface area (Å²) < 4.78 is 79.5. The lowest BCUT2D eigenvalue weighted by Gasteiger charge is -2.27. The molecule has 1 aromatic heterocycles. The number of hydrogen-bond acceptors (Lipinski definition) is 10. The number of alkyl carbamates (subject to hydrolysis) is 1. The Labute approximate surface area is 282 Å². The quantitative estimate of drug-likeness (QED) is 0.0900. The number of halogens is 4. The van der Waals surface area contributed by atoms with Gasteiger partial charge in [0.05, 0.1) is 46.5 Å². The first-order valence-electron chi connectivity index (χ1n) is 14.6. The van der Waals surface area contributed by atoms with Crippen molar-refractivity contribution in [3.05, 3.63) is 77.5 Å². The molecular formula is C32H35F4N5O7S. The first-order chi connectivity index (χ1) is 22.9. The zero-order chi connectivity index (χ0) is 36.7. The summed E-state index contributed by atoms with van der Waals surface area (Å²) in [6.45, 7) is 10.7. The van der Waals surface area contributed by atoms with E-state index in [1.165, 1.54) is 31.3 Å². The Morgan fingerprint density at radius 1 is 1.22 bits per heavy atom. The van der Waals surface area contributed by atoms with E-state index >= 15 is 4.39 Å². The third-order valence-corrected chi connectivity index (χ3v) is 7.94. The average molecular weight is 710 g/mol. The van der Waals surface area contributed by atoms with Crippen LogP contribution in [0.2, 0.25) is 0 Å². The Morgan fingerprint density at radius 3 is 2.47 bits per heavy atom. The maximum Gasteiger partial charge on any atom is 0.433 e. The number of ether oxygens (including phenoxy) is 2. The number of alkyl halides is 3. The third kappa shape index (κ3) is 10.3. The van der Waals surface area contributed by atoms with E-state index in [0.717, 1.165) is 24.2 Å². The van der Waals surface area contributed by atoms with Crippen molar-refractivity contribution < 1.29 is 50.5 Å². The number of methoxy groups -OCH3 is 1. The summed E-state index contributed by atoms with van der Waals surface area (Å²) in [6.07, 6.45) is -2.91. The lowest BCUT2D eigenvalue weighted by Crippen LogP contribution is -2.51. The van der Waals surface area contributed by atoms with Gasteiger partial charge in [0.15, 0.2) is 0 Å². The van der Waals surface area contributed by atoms with Crippen molar-refractivity contribution in [3.63, 3.8) is 0 Å². The molecule has 3 rings (SSSR count). The van der Waals surface area contributed by atoms with Gasteiger partial charge in [0.2, 0.25) is 5.90 Å². The Morgan fingerprint density at radius 2 is 1.92 bits per heavy atom. The number of fused-ring (bicyclic) bond motifs is 1. The van der Waals surface area contributed by atoms with E-state index in [0.29, 0.717) is 11.6 Å². The molecule has 0 fully saturated rings. The van der Waals surface area contributed by atoms with Crippen molar-refractivity contribution >= 4 is 46.1 Å². The zero-order valence-electron chi connectivity index (χ0n) is 27.5. The van der Waals surface area contributed by atoms with Crippen molar-refractivity contribution in [3.8, 4) is 0 Å². The summed E-state index contributed by atoms with van der Waals surface area (Å²) in [7, 11) is -0.905. The van der Waals surface area contributed by atoms with Crippen molar-refractivity contribution in [2.45, 2.75) is 70.3 Å². The third-order valence-electron chi connectivity index (χ3n) is 6.49. The smallest absolute Gasteiger partial charge is 0.433 e. The largest absolute Gasteiger partial charge is 0.479 e. The first-order valence-corrected chi connectivity index (χ1v) is 16.0. The molecule has 1 N–H and O–H groups in total. The molecule has 0 saturated carbocycles. The standard InChI is InChI=1S/C32H35F4N5O7S/c1-8-10-26(32(34,35)36)39-28(46-7)22-12-11-19(15-37-22)16-41-24-13-20(18(3)40-48-27(42)9-2)21(33)14-25(24)49(45)17-23(29(41)43)38-30(44)47-31(4,5)6/h8,10-15,23H,1,9,16-17H2,2-7H3,(H,38,44)/b26-10-,39-28?,40-18+/t23-,49?/m0/s1.